The molecule has 0 spiro atoms. The Morgan fingerprint density at radius 2 is 2.00 bits per heavy atom. The van der Waals surface area contributed by atoms with Gasteiger partial charge in [-0.1, -0.05) is 29.8 Å². The molecule has 162 valence electrons. The lowest BCUT2D eigenvalue weighted by Gasteiger charge is -2.38. The number of hydrogen-bond donors (Lipinski definition) is 1. The first-order chi connectivity index (χ1) is 14.2. The molecule has 30 heavy (non-hydrogen) atoms. The summed E-state index contributed by atoms with van der Waals surface area (Å²) in [6.45, 7) is 1.35. The Balaban J connectivity index is 1.59. The van der Waals surface area contributed by atoms with Gasteiger partial charge in [-0.25, -0.2) is 4.39 Å². The average Bonchev–Trinajstić information content (AvgIpc) is 3.04. The van der Waals surface area contributed by atoms with Crippen LogP contribution in [0.1, 0.15) is 41.2 Å². The van der Waals surface area contributed by atoms with Crippen molar-refractivity contribution in [2.45, 2.75) is 50.2 Å². The number of fused-ring (bicyclic) bond motifs is 1. The van der Waals surface area contributed by atoms with Crippen LogP contribution in [0.2, 0.25) is 5.02 Å². The van der Waals surface area contributed by atoms with Crippen LogP contribution < -0.4 is 5.73 Å². The fraction of sp³-hybridized carbons (Fsp3) is 0.455. The van der Waals surface area contributed by atoms with E-state index in [9.17, 15) is 17.6 Å². The maximum Gasteiger partial charge on any atom is 0.419 e. The summed E-state index contributed by atoms with van der Waals surface area (Å²) in [6.07, 6.45) is -2.49. The van der Waals surface area contributed by atoms with E-state index in [1.54, 1.807) is 6.07 Å². The first-order valence-corrected chi connectivity index (χ1v) is 10.4. The van der Waals surface area contributed by atoms with Crippen LogP contribution in [0.3, 0.4) is 0 Å². The van der Waals surface area contributed by atoms with Crippen LogP contribution in [0.25, 0.3) is 0 Å². The van der Waals surface area contributed by atoms with Gasteiger partial charge in [-0.05, 0) is 55.1 Å². The zero-order valence-electron chi connectivity index (χ0n) is 16.3. The maximum absolute atomic E-state index is 14.4. The number of piperidine rings is 1. The Morgan fingerprint density at radius 3 is 2.73 bits per heavy atom. The monoisotopic (exact) mass is 442 g/mol. The van der Waals surface area contributed by atoms with Crippen molar-refractivity contribution in [3.63, 3.8) is 0 Å². The van der Waals surface area contributed by atoms with Crippen LogP contribution in [0.5, 0.6) is 0 Å². The van der Waals surface area contributed by atoms with Gasteiger partial charge < -0.3 is 10.5 Å². The number of alkyl halides is 3. The molecule has 0 amide bonds. The van der Waals surface area contributed by atoms with Crippen LogP contribution in [-0.4, -0.2) is 30.1 Å². The van der Waals surface area contributed by atoms with Crippen LogP contribution >= 0.6 is 11.6 Å². The summed E-state index contributed by atoms with van der Waals surface area (Å²) in [7, 11) is 0. The molecule has 3 atom stereocenters. The van der Waals surface area contributed by atoms with Crippen molar-refractivity contribution in [3.8, 4) is 0 Å². The second-order valence-electron chi connectivity index (χ2n) is 8.02. The Kier molecular flexibility index (Phi) is 6.08. The lowest BCUT2D eigenvalue weighted by Crippen LogP contribution is -2.49. The maximum atomic E-state index is 14.4. The van der Waals surface area contributed by atoms with E-state index in [4.69, 9.17) is 22.1 Å². The SMILES string of the molecule is N[C@H]1CCCN([C@H]2Cc3cc(Cl)ccc3[C@H]2OCc2cccc(C(F)(F)F)c2F)C1. The van der Waals surface area contributed by atoms with E-state index in [0.717, 1.165) is 43.1 Å². The van der Waals surface area contributed by atoms with Gasteiger partial charge in [0, 0.05) is 29.2 Å². The van der Waals surface area contributed by atoms with E-state index in [2.05, 4.69) is 4.90 Å². The minimum Gasteiger partial charge on any atom is -0.367 e. The van der Waals surface area contributed by atoms with E-state index < -0.39 is 23.7 Å². The smallest absolute Gasteiger partial charge is 0.367 e. The molecule has 8 heteroatoms. The lowest BCUT2D eigenvalue weighted by molar-refractivity contribution is -0.140. The van der Waals surface area contributed by atoms with Crippen molar-refractivity contribution < 1.29 is 22.3 Å². The molecule has 1 aliphatic carbocycles. The third-order valence-electron chi connectivity index (χ3n) is 5.95. The standard InChI is InChI=1S/C22H23ClF4N2O/c23-15-6-7-17-14(9-15)10-19(29-8-2-4-16(28)11-29)21(17)30-12-13-3-1-5-18(20(13)24)22(25,26)27/h1,3,5-7,9,16,19,21H,2,4,8,10-12,28H2/t16-,19-,21+/m0/s1. The van der Waals surface area contributed by atoms with Crippen molar-refractivity contribution in [2.24, 2.45) is 5.73 Å². The van der Waals surface area contributed by atoms with Gasteiger partial charge in [-0.3, -0.25) is 4.90 Å². The molecule has 1 aliphatic heterocycles. The molecule has 2 N–H and O–H groups in total. The quantitative estimate of drug-likeness (QED) is 0.669. The molecule has 0 saturated carbocycles. The van der Waals surface area contributed by atoms with E-state index >= 15 is 0 Å². The highest BCUT2D eigenvalue weighted by atomic mass is 35.5. The minimum absolute atomic E-state index is 0.0151. The Bertz CT molecular complexity index is 920. The number of ether oxygens (including phenoxy) is 1. The molecule has 3 nitrogen and oxygen atoms in total. The van der Waals surface area contributed by atoms with Crippen LogP contribution in [0.4, 0.5) is 17.6 Å². The largest absolute Gasteiger partial charge is 0.419 e. The highest BCUT2D eigenvalue weighted by Gasteiger charge is 2.39. The second kappa shape index (κ2) is 8.46. The first-order valence-electron chi connectivity index (χ1n) is 9.98. The predicted molar refractivity (Wildman–Crippen MR) is 107 cm³/mol. The third kappa shape index (κ3) is 4.35. The molecule has 0 radical (unpaired) electrons. The number of nitrogens with two attached hydrogens (primary N) is 1. The first kappa shape index (κ1) is 21.6. The van der Waals surface area contributed by atoms with Gasteiger partial charge >= 0.3 is 6.18 Å². The van der Waals surface area contributed by atoms with Gasteiger partial charge in [-0.15, -0.1) is 0 Å². The highest BCUT2D eigenvalue weighted by Crippen LogP contribution is 2.40. The normalized spacial score (nSPS) is 24.8. The highest BCUT2D eigenvalue weighted by molar-refractivity contribution is 6.30. The van der Waals surface area contributed by atoms with Crippen molar-refractivity contribution in [3.05, 3.63) is 69.5 Å². The van der Waals surface area contributed by atoms with E-state index in [1.807, 2.05) is 12.1 Å². The average molecular weight is 443 g/mol. The predicted octanol–water partition coefficient (Wildman–Crippen LogP) is 5.10. The zero-order chi connectivity index (χ0) is 21.5. The Hall–Kier alpha value is -1.67. The Labute approximate surface area is 177 Å². The van der Waals surface area contributed by atoms with Gasteiger partial charge in [-0.2, -0.15) is 13.2 Å². The van der Waals surface area contributed by atoms with E-state index in [1.165, 1.54) is 12.1 Å². The number of rotatable bonds is 4. The van der Waals surface area contributed by atoms with Gasteiger partial charge in [0.05, 0.1) is 18.3 Å². The molecule has 4 rings (SSSR count). The van der Waals surface area contributed by atoms with E-state index in [0.29, 0.717) is 11.4 Å². The summed E-state index contributed by atoms with van der Waals surface area (Å²) < 4.78 is 59.6. The fourth-order valence-corrected chi connectivity index (χ4v) is 4.72. The zero-order valence-corrected chi connectivity index (χ0v) is 17.0. The number of halogens is 5. The minimum atomic E-state index is -4.75. The van der Waals surface area contributed by atoms with Gasteiger partial charge in [0.15, 0.2) is 0 Å². The van der Waals surface area contributed by atoms with Crippen molar-refractivity contribution in [1.82, 2.24) is 4.90 Å². The number of benzene rings is 2. The number of likely N-dealkylation sites (tertiary alicyclic amines) is 1. The van der Waals surface area contributed by atoms with Crippen molar-refractivity contribution >= 4 is 11.6 Å². The second-order valence-corrected chi connectivity index (χ2v) is 8.46. The summed E-state index contributed by atoms with van der Waals surface area (Å²) in [6, 6.07) is 8.88. The third-order valence-corrected chi connectivity index (χ3v) is 6.19. The molecule has 0 aromatic heterocycles. The summed E-state index contributed by atoms with van der Waals surface area (Å²) >= 11 is 6.15. The van der Waals surface area contributed by atoms with Gasteiger partial charge in [0.1, 0.15) is 5.82 Å². The number of nitrogens with zero attached hydrogens (tertiary/aromatic N) is 1. The summed E-state index contributed by atoms with van der Waals surface area (Å²) in [5.74, 6) is -1.28. The molecule has 1 heterocycles. The summed E-state index contributed by atoms with van der Waals surface area (Å²) in [4.78, 5) is 2.27. The summed E-state index contributed by atoms with van der Waals surface area (Å²) in [5.41, 5.74) is 6.75. The molecule has 1 fully saturated rings. The van der Waals surface area contributed by atoms with Crippen molar-refractivity contribution in [1.29, 1.82) is 0 Å². The molecular formula is C22H23ClF4N2O. The molecule has 2 aromatic rings. The summed E-state index contributed by atoms with van der Waals surface area (Å²) in [5, 5.41) is 0.618. The molecule has 2 aromatic carbocycles. The molecular weight excluding hydrogens is 420 g/mol. The van der Waals surface area contributed by atoms with Crippen LogP contribution in [0, 0.1) is 5.82 Å². The molecule has 1 saturated heterocycles. The lowest BCUT2D eigenvalue weighted by atomic mass is 10.0. The van der Waals surface area contributed by atoms with E-state index in [-0.39, 0.29) is 24.3 Å². The molecule has 0 unspecified atom stereocenters. The molecule has 2 aliphatic rings. The van der Waals surface area contributed by atoms with Gasteiger partial charge in [0.25, 0.3) is 0 Å². The fourth-order valence-electron chi connectivity index (χ4n) is 4.52. The number of hydrogen-bond acceptors (Lipinski definition) is 3. The van der Waals surface area contributed by atoms with Crippen LogP contribution in [-0.2, 0) is 23.9 Å². The molecule has 0 bridgehead atoms. The van der Waals surface area contributed by atoms with Crippen molar-refractivity contribution in [2.75, 3.05) is 13.1 Å². The Morgan fingerprint density at radius 1 is 1.20 bits per heavy atom. The topological polar surface area (TPSA) is 38.5 Å². The van der Waals surface area contributed by atoms with Gasteiger partial charge in [0.2, 0.25) is 0 Å². The van der Waals surface area contributed by atoms with Crippen LogP contribution in [0.15, 0.2) is 36.4 Å².